The van der Waals surface area contributed by atoms with Crippen molar-refractivity contribution in [2.24, 2.45) is 17.8 Å². The molecule has 15 heavy (non-hydrogen) atoms. The molecule has 1 N–H and O–H groups in total. The van der Waals surface area contributed by atoms with Gasteiger partial charge in [-0.25, -0.2) is 0 Å². The van der Waals surface area contributed by atoms with Gasteiger partial charge in [0, 0.05) is 6.04 Å². The Labute approximate surface area is 95.0 Å². The lowest BCUT2D eigenvalue weighted by atomic mass is 9.86. The molecule has 2 fully saturated rings. The molecule has 1 aliphatic heterocycles. The lowest BCUT2D eigenvalue weighted by Gasteiger charge is -2.22. The van der Waals surface area contributed by atoms with Gasteiger partial charge in [0.25, 0.3) is 0 Å². The van der Waals surface area contributed by atoms with E-state index in [1.54, 1.807) is 0 Å². The first-order valence-corrected chi connectivity index (χ1v) is 7.00. The predicted octanol–water partition coefficient (Wildman–Crippen LogP) is 3.59. The molecule has 3 unspecified atom stereocenters. The predicted molar refractivity (Wildman–Crippen MR) is 65.9 cm³/mol. The van der Waals surface area contributed by atoms with Crippen LogP contribution >= 0.6 is 0 Å². The monoisotopic (exact) mass is 209 g/mol. The first kappa shape index (κ1) is 11.4. The smallest absolute Gasteiger partial charge is 0.00959 e. The summed E-state index contributed by atoms with van der Waals surface area (Å²) >= 11 is 0. The first-order valence-electron chi connectivity index (χ1n) is 7.00. The molecular weight excluding hydrogens is 182 g/mol. The van der Waals surface area contributed by atoms with E-state index in [1.165, 1.54) is 51.5 Å². The lowest BCUT2D eigenvalue weighted by Crippen LogP contribution is -2.27. The molecule has 0 spiro atoms. The highest BCUT2D eigenvalue weighted by molar-refractivity contribution is 4.85. The Morgan fingerprint density at radius 2 is 1.73 bits per heavy atom. The maximum atomic E-state index is 3.71. The highest BCUT2D eigenvalue weighted by Gasteiger charge is 2.28. The molecule has 0 aromatic heterocycles. The molecule has 3 atom stereocenters. The third-order valence-corrected chi connectivity index (χ3v) is 4.68. The van der Waals surface area contributed by atoms with Gasteiger partial charge in [-0.15, -0.1) is 0 Å². The largest absolute Gasteiger partial charge is 0.314 e. The van der Waals surface area contributed by atoms with Crippen molar-refractivity contribution in [3.05, 3.63) is 0 Å². The molecule has 0 amide bonds. The Hall–Kier alpha value is -0.0400. The number of hydrogen-bond donors (Lipinski definition) is 1. The van der Waals surface area contributed by atoms with Crippen LogP contribution in [-0.4, -0.2) is 12.6 Å². The summed E-state index contributed by atoms with van der Waals surface area (Å²) in [7, 11) is 0. The molecule has 2 rings (SSSR count). The van der Waals surface area contributed by atoms with Gasteiger partial charge in [0.05, 0.1) is 0 Å². The molecule has 0 aromatic rings. The standard InChI is InChI=1S/C14H27N/c1-11(2)12-5-3-4-6-13-9-10-15-14(13)8-7-12/h11-15H,3-10H2,1-2H3. The Kier molecular flexibility index (Phi) is 4.07. The molecule has 1 heterocycles. The summed E-state index contributed by atoms with van der Waals surface area (Å²) in [5.74, 6) is 2.89. The zero-order valence-corrected chi connectivity index (χ0v) is 10.5. The SMILES string of the molecule is CC(C)C1CCCCC2CCNC2CC1. The number of nitrogens with one attached hydrogen (secondary N) is 1. The average Bonchev–Trinajstić information content (AvgIpc) is 2.63. The van der Waals surface area contributed by atoms with Crippen LogP contribution in [0.5, 0.6) is 0 Å². The molecule has 0 aromatic carbocycles. The van der Waals surface area contributed by atoms with Crippen molar-refractivity contribution in [3.8, 4) is 0 Å². The minimum absolute atomic E-state index is 0.865. The molecule has 1 heteroatoms. The van der Waals surface area contributed by atoms with Crippen LogP contribution in [0, 0.1) is 17.8 Å². The van der Waals surface area contributed by atoms with E-state index in [0.29, 0.717) is 0 Å². The molecule has 1 nitrogen and oxygen atoms in total. The Bertz CT molecular complexity index is 186. The molecule has 1 saturated carbocycles. The zero-order valence-electron chi connectivity index (χ0n) is 10.5. The Morgan fingerprint density at radius 3 is 2.53 bits per heavy atom. The third-order valence-electron chi connectivity index (χ3n) is 4.68. The van der Waals surface area contributed by atoms with E-state index in [4.69, 9.17) is 0 Å². The minimum atomic E-state index is 0.865. The second kappa shape index (κ2) is 5.34. The van der Waals surface area contributed by atoms with Gasteiger partial charge in [0.1, 0.15) is 0 Å². The van der Waals surface area contributed by atoms with Crippen LogP contribution in [0.15, 0.2) is 0 Å². The Balaban J connectivity index is 1.91. The van der Waals surface area contributed by atoms with Gasteiger partial charge in [0.2, 0.25) is 0 Å². The van der Waals surface area contributed by atoms with Crippen molar-refractivity contribution in [1.29, 1.82) is 0 Å². The van der Waals surface area contributed by atoms with Crippen molar-refractivity contribution in [3.63, 3.8) is 0 Å². The van der Waals surface area contributed by atoms with Crippen molar-refractivity contribution >= 4 is 0 Å². The van der Waals surface area contributed by atoms with Crippen molar-refractivity contribution in [2.45, 2.75) is 64.8 Å². The average molecular weight is 209 g/mol. The summed E-state index contributed by atoms with van der Waals surface area (Å²) in [6.07, 6.45) is 10.3. The second-order valence-corrected chi connectivity index (χ2v) is 5.98. The van der Waals surface area contributed by atoms with E-state index in [2.05, 4.69) is 19.2 Å². The van der Waals surface area contributed by atoms with Crippen LogP contribution in [0.1, 0.15) is 58.8 Å². The summed E-state index contributed by atoms with van der Waals surface area (Å²) in [5, 5.41) is 3.71. The number of hydrogen-bond acceptors (Lipinski definition) is 1. The van der Waals surface area contributed by atoms with Crippen LogP contribution < -0.4 is 5.32 Å². The van der Waals surface area contributed by atoms with Crippen LogP contribution in [0.3, 0.4) is 0 Å². The van der Waals surface area contributed by atoms with Crippen LogP contribution in [0.2, 0.25) is 0 Å². The maximum absolute atomic E-state index is 3.71. The zero-order chi connectivity index (χ0) is 10.7. The lowest BCUT2D eigenvalue weighted by molar-refractivity contribution is 0.309. The van der Waals surface area contributed by atoms with Crippen LogP contribution in [-0.2, 0) is 0 Å². The molecule has 0 bridgehead atoms. The molecule has 1 aliphatic carbocycles. The van der Waals surface area contributed by atoms with E-state index in [0.717, 1.165) is 23.8 Å². The van der Waals surface area contributed by atoms with Crippen molar-refractivity contribution in [1.82, 2.24) is 5.32 Å². The van der Waals surface area contributed by atoms with Crippen molar-refractivity contribution < 1.29 is 0 Å². The third kappa shape index (κ3) is 2.96. The van der Waals surface area contributed by atoms with E-state index in [9.17, 15) is 0 Å². The van der Waals surface area contributed by atoms with Gasteiger partial charge >= 0.3 is 0 Å². The normalized spacial score (nSPS) is 38.2. The van der Waals surface area contributed by atoms with Gasteiger partial charge in [-0.2, -0.15) is 0 Å². The summed E-state index contributed by atoms with van der Waals surface area (Å²) < 4.78 is 0. The summed E-state index contributed by atoms with van der Waals surface area (Å²) in [6, 6.07) is 0.865. The second-order valence-electron chi connectivity index (χ2n) is 5.98. The molecular formula is C14H27N. The fraction of sp³-hybridized carbons (Fsp3) is 1.00. The Morgan fingerprint density at radius 1 is 0.933 bits per heavy atom. The van der Waals surface area contributed by atoms with Gasteiger partial charge < -0.3 is 5.32 Å². The quantitative estimate of drug-likeness (QED) is 0.696. The summed E-state index contributed by atoms with van der Waals surface area (Å²) in [4.78, 5) is 0. The fourth-order valence-corrected chi connectivity index (χ4v) is 3.52. The summed E-state index contributed by atoms with van der Waals surface area (Å²) in [6.45, 7) is 6.09. The van der Waals surface area contributed by atoms with E-state index >= 15 is 0 Å². The molecule has 88 valence electrons. The first-order chi connectivity index (χ1) is 7.27. The van der Waals surface area contributed by atoms with Gasteiger partial charge in [0.15, 0.2) is 0 Å². The highest BCUT2D eigenvalue weighted by Crippen LogP contribution is 2.32. The molecule has 0 radical (unpaired) electrons. The van der Waals surface area contributed by atoms with Crippen LogP contribution in [0.4, 0.5) is 0 Å². The van der Waals surface area contributed by atoms with E-state index in [1.807, 2.05) is 0 Å². The minimum Gasteiger partial charge on any atom is -0.314 e. The number of rotatable bonds is 1. The van der Waals surface area contributed by atoms with Crippen molar-refractivity contribution in [2.75, 3.05) is 6.54 Å². The molecule has 2 aliphatic rings. The van der Waals surface area contributed by atoms with Gasteiger partial charge in [-0.1, -0.05) is 33.1 Å². The summed E-state index contributed by atoms with van der Waals surface area (Å²) in [5.41, 5.74) is 0. The van der Waals surface area contributed by atoms with Crippen LogP contribution in [0.25, 0.3) is 0 Å². The van der Waals surface area contributed by atoms with E-state index in [-0.39, 0.29) is 0 Å². The fourth-order valence-electron chi connectivity index (χ4n) is 3.52. The topological polar surface area (TPSA) is 12.0 Å². The van der Waals surface area contributed by atoms with Gasteiger partial charge in [-0.05, 0) is 50.0 Å². The van der Waals surface area contributed by atoms with Gasteiger partial charge in [-0.3, -0.25) is 0 Å². The highest BCUT2D eigenvalue weighted by atomic mass is 14.9. The number of fused-ring (bicyclic) bond motifs is 1. The maximum Gasteiger partial charge on any atom is 0.00959 e. The molecule has 1 saturated heterocycles. The van der Waals surface area contributed by atoms with E-state index < -0.39 is 0 Å².